The number of halogens is 1. The number of fused-ring (bicyclic) bond motifs is 1. The molecule has 1 N–H and O–H groups in total. The van der Waals surface area contributed by atoms with E-state index in [0.717, 1.165) is 34.5 Å². The van der Waals surface area contributed by atoms with Crippen molar-refractivity contribution in [1.82, 2.24) is 15.1 Å². The van der Waals surface area contributed by atoms with Gasteiger partial charge in [0.15, 0.2) is 0 Å². The van der Waals surface area contributed by atoms with Crippen LogP contribution in [0.4, 0.5) is 4.39 Å². The van der Waals surface area contributed by atoms with E-state index in [0.29, 0.717) is 24.5 Å². The van der Waals surface area contributed by atoms with E-state index < -0.39 is 0 Å². The van der Waals surface area contributed by atoms with Gasteiger partial charge in [0, 0.05) is 17.7 Å². The van der Waals surface area contributed by atoms with Gasteiger partial charge in [-0.1, -0.05) is 62.5 Å². The Morgan fingerprint density at radius 3 is 2.85 bits per heavy atom. The third-order valence-electron chi connectivity index (χ3n) is 5.96. The second-order valence-electron chi connectivity index (χ2n) is 8.25. The Balaban J connectivity index is 1.62. The fourth-order valence-electron chi connectivity index (χ4n) is 4.07. The highest BCUT2D eigenvalue weighted by Crippen LogP contribution is 2.30. The first kappa shape index (κ1) is 22.5. The van der Waals surface area contributed by atoms with Crippen LogP contribution >= 0.6 is 0 Å². The molecule has 0 saturated heterocycles. The van der Waals surface area contributed by atoms with Gasteiger partial charge in [-0.2, -0.15) is 5.10 Å². The summed E-state index contributed by atoms with van der Waals surface area (Å²) < 4.78 is 15.2. The summed E-state index contributed by atoms with van der Waals surface area (Å²) in [7, 11) is 0. The summed E-state index contributed by atoms with van der Waals surface area (Å²) in [5, 5.41) is 7.60. The van der Waals surface area contributed by atoms with Crippen LogP contribution in [0, 0.1) is 11.7 Å². The maximum Gasteiger partial charge on any atom is 0.251 e. The van der Waals surface area contributed by atoms with Crippen molar-refractivity contribution >= 4 is 17.6 Å². The number of hydrogen-bond acceptors (Lipinski definition) is 2. The van der Waals surface area contributed by atoms with Crippen molar-refractivity contribution in [3.8, 4) is 5.69 Å². The standard InChI is InChI=1S/C28H28FN3O/c1-4-20-9-14-25(28(33)30-17-22-8-6-7-19(3)15-21(22)5-2)26-18-31-32(27(26)16-20)24-12-10-23(29)11-13-24/h5-8,10-16,18-19H,2,4,9,17H2,1,3H3,(H,30,33). The fourth-order valence-corrected chi connectivity index (χ4v) is 4.07. The second kappa shape index (κ2) is 9.82. The van der Waals surface area contributed by atoms with Gasteiger partial charge in [0.1, 0.15) is 5.82 Å². The van der Waals surface area contributed by atoms with E-state index in [-0.39, 0.29) is 11.7 Å². The van der Waals surface area contributed by atoms with Gasteiger partial charge in [-0.3, -0.25) is 4.79 Å². The number of carbonyl (C=O) groups is 1. The molecule has 4 nitrogen and oxygen atoms in total. The number of carbonyl (C=O) groups excluding carboxylic acids is 1. The minimum absolute atomic E-state index is 0.147. The van der Waals surface area contributed by atoms with Gasteiger partial charge in [0.25, 0.3) is 5.91 Å². The molecule has 0 radical (unpaired) electrons. The fraction of sp³-hybridized carbons (Fsp3) is 0.214. The van der Waals surface area contributed by atoms with E-state index in [1.54, 1.807) is 23.0 Å². The molecular formula is C28H28FN3O. The Morgan fingerprint density at radius 1 is 1.33 bits per heavy atom. The van der Waals surface area contributed by atoms with Gasteiger partial charge in [-0.25, -0.2) is 9.07 Å². The number of aromatic nitrogens is 2. The van der Waals surface area contributed by atoms with Crippen LogP contribution in [0.2, 0.25) is 0 Å². The van der Waals surface area contributed by atoms with Crippen LogP contribution in [0.15, 0.2) is 90.2 Å². The van der Waals surface area contributed by atoms with E-state index in [1.807, 2.05) is 24.3 Å². The van der Waals surface area contributed by atoms with Crippen molar-refractivity contribution in [1.29, 1.82) is 0 Å². The van der Waals surface area contributed by atoms with Gasteiger partial charge in [0.2, 0.25) is 0 Å². The summed E-state index contributed by atoms with van der Waals surface area (Å²) in [5.74, 6) is -0.136. The Morgan fingerprint density at radius 2 is 2.12 bits per heavy atom. The number of benzene rings is 1. The van der Waals surface area contributed by atoms with Gasteiger partial charge in [-0.05, 0) is 60.2 Å². The number of nitrogens with zero attached hydrogens (tertiary/aromatic N) is 2. The molecule has 5 heteroatoms. The predicted octanol–water partition coefficient (Wildman–Crippen LogP) is 5.95. The van der Waals surface area contributed by atoms with Crippen molar-refractivity contribution in [2.45, 2.75) is 26.7 Å². The van der Waals surface area contributed by atoms with Crippen LogP contribution in [0.3, 0.4) is 0 Å². The van der Waals surface area contributed by atoms with Gasteiger partial charge in [-0.15, -0.1) is 0 Å². The van der Waals surface area contributed by atoms with Crippen molar-refractivity contribution in [3.05, 3.63) is 107 Å². The molecule has 1 heterocycles. The highest BCUT2D eigenvalue weighted by Gasteiger charge is 2.22. The number of allylic oxidation sites excluding steroid dienone is 7. The third-order valence-corrected chi connectivity index (χ3v) is 5.96. The molecule has 0 fully saturated rings. The highest BCUT2D eigenvalue weighted by atomic mass is 19.1. The molecule has 1 aromatic heterocycles. The zero-order valence-corrected chi connectivity index (χ0v) is 19.0. The lowest BCUT2D eigenvalue weighted by Gasteiger charge is -2.12. The van der Waals surface area contributed by atoms with E-state index >= 15 is 0 Å². The first-order valence-electron chi connectivity index (χ1n) is 11.2. The normalized spacial score (nSPS) is 17.6. The number of rotatable bonds is 6. The molecule has 33 heavy (non-hydrogen) atoms. The Bertz CT molecular complexity index is 1220. The summed E-state index contributed by atoms with van der Waals surface area (Å²) in [6.45, 7) is 8.54. The maximum atomic E-state index is 13.4. The lowest BCUT2D eigenvalue weighted by molar-refractivity contribution is -0.115. The molecular weight excluding hydrogens is 413 g/mol. The molecule has 0 saturated carbocycles. The smallest absolute Gasteiger partial charge is 0.251 e. The Kier molecular flexibility index (Phi) is 6.68. The number of amides is 1. The minimum Gasteiger partial charge on any atom is -0.348 e. The van der Waals surface area contributed by atoms with E-state index in [4.69, 9.17) is 0 Å². The summed E-state index contributed by atoms with van der Waals surface area (Å²) in [6, 6.07) is 6.20. The molecule has 0 spiro atoms. The Labute approximate surface area is 194 Å². The lowest BCUT2D eigenvalue weighted by atomic mass is 10.0. The monoisotopic (exact) mass is 441 g/mol. The van der Waals surface area contributed by atoms with Gasteiger partial charge < -0.3 is 5.32 Å². The van der Waals surface area contributed by atoms with Crippen LogP contribution in [-0.2, 0) is 4.79 Å². The molecule has 2 aliphatic rings. The summed E-state index contributed by atoms with van der Waals surface area (Å²) >= 11 is 0. The topological polar surface area (TPSA) is 46.9 Å². The van der Waals surface area contributed by atoms with E-state index in [1.165, 1.54) is 17.7 Å². The molecule has 1 atom stereocenters. The first-order valence-corrected chi connectivity index (χ1v) is 11.2. The van der Waals surface area contributed by atoms with Crippen LogP contribution in [0.1, 0.15) is 37.9 Å². The SMILES string of the molecule is C=CC1=CC(C)C=CC=C1CNC(=O)C1=CCC(CC)=Cc2c1cnn2-c1ccc(F)cc1. The quantitative estimate of drug-likeness (QED) is 0.602. The van der Waals surface area contributed by atoms with Crippen LogP contribution < -0.4 is 5.32 Å². The molecule has 168 valence electrons. The average Bonchev–Trinajstić information content (AvgIpc) is 3.00. The second-order valence-corrected chi connectivity index (χ2v) is 8.25. The molecule has 1 unspecified atom stereocenters. The van der Waals surface area contributed by atoms with Crippen LogP contribution in [0.25, 0.3) is 17.3 Å². The lowest BCUT2D eigenvalue weighted by Crippen LogP contribution is -2.27. The Hall–Kier alpha value is -3.73. The predicted molar refractivity (Wildman–Crippen MR) is 132 cm³/mol. The average molecular weight is 442 g/mol. The number of nitrogens with one attached hydrogen (secondary N) is 1. The van der Waals surface area contributed by atoms with Crippen LogP contribution in [-0.4, -0.2) is 22.2 Å². The van der Waals surface area contributed by atoms with Gasteiger partial charge in [0.05, 0.1) is 17.6 Å². The van der Waals surface area contributed by atoms with Crippen molar-refractivity contribution in [2.75, 3.05) is 6.54 Å². The first-order chi connectivity index (χ1) is 16.0. The van der Waals surface area contributed by atoms with Gasteiger partial charge >= 0.3 is 0 Å². The molecule has 2 aromatic rings. The summed E-state index contributed by atoms with van der Waals surface area (Å²) in [6.07, 6.45) is 17.4. The molecule has 1 aromatic carbocycles. The minimum atomic E-state index is -0.299. The zero-order valence-electron chi connectivity index (χ0n) is 19.0. The van der Waals surface area contributed by atoms with E-state index in [2.05, 4.69) is 49.1 Å². The zero-order chi connectivity index (χ0) is 23.4. The highest BCUT2D eigenvalue weighted by molar-refractivity contribution is 6.20. The molecule has 4 rings (SSSR count). The molecule has 0 aliphatic heterocycles. The van der Waals surface area contributed by atoms with Crippen molar-refractivity contribution < 1.29 is 9.18 Å². The van der Waals surface area contributed by atoms with Crippen molar-refractivity contribution in [2.24, 2.45) is 5.92 Å². The third kappa shape index (κ3) is 4.87. The molecule has 1 amide bonds. The summed E-state index contributed by atoms with van der Waals surface area (Å²) in [5.41, 5.74) is 6.18. The molecule has 0 bridgehead atoms. The largest absolute Gasteiger partial charge is 0.348 e. The van der Waals surface area contributed by atoms with Crippen LogP contribution in [0.5, 0.6) is 0 Å². The van der Waals surface area contributed by atoms with E-state index in [9.17, 15) is 9.18 Å². The summed E-state index contributed by atoms with van der Waals surface area (Å²) in [4.78, 5) is 13.3. The number of hydrogen-bond donors (Lipinski definition) is 1. The molecule has 2 aliphatic carbocycles. The van der Waals surface area contributed by atoms with Crippen molar-refractivity contribution in [3.63, 3.8) is 0 Å². The maximum absolute atomic E-state index is 13.4.